The predicted molar refractivity (Wildman–Crippen MR) is 176 cm³/mol. The van der Waals surface area contributed by atoms with Crippen LogP contribution in [0.15, 0.2) is 36.2 Å². The second-order valence-electron chi connectivity index (χ2n) is 10.5. The van der Waals surface area contributed by atoms with Crippen molar-refractivity contribution in [1.29, 1.82) is 0 Å². The molecule has 42 heavy (non-hydrogen) atoms. The molecule has 1 aromatic heterocycles. The highest BCUT2D eigenvalue weighted by Gasteiger charge is 2.32. The molecule has 2 aromatic carbocycles. The van der Waals surface area contributed by atoms with Crippen LogP contribution in [0.3, 0.4) is 0 Å². The highest BCUT2D eigenvalue weighted by Crippen LogP contribution is 2.45. The van der Waals surface area contributed by atoms with E-state index in [1.165, 1.54) is 5.82 Å². The van der Waals surface area contributed by atoms with E-state index in [9.17, 15) is 13.0 Å². The molecule has 7 nitrogen and oxygen atoms in total. The third kappa shape index (κ3) is 7.33. The number of fused-ring (bicyclic) bond motifs is 2. The minimum Gasteiger partial charge on any atom is -0.326 e. The Bertz CT molecular complexity index is 1570. The van der Waals surface area contributed by atoms with E-state index in [-0.39, 0.29) is 5.75 Å². The third-order valence-corrected chi connectivity index (χ3v) is 9.97. The number of aromatic nitrogens is 2. The summed E-state index contributed by atoms with van der Waals surface area (Å²) in [6.07, 6.45) is 8.12. The summed E-state index contributed by atoms with van der Waals surface area (Å²) in [5.74, 6) is 1.97. The molecular formula is C30H39Cl4N4O3S+. The molecule has 4 rings (SSSR count). The molecule has 0 unspecified atom stereocenters. The number of anilines is 2. The van der Waals surface area contributed by atoms with Crippen molar-refractivity contribution in [2.75, 3.05) is 28.6 Å². The Kier molecular flexibility index (Phi) is 11.4. The highest BCUT2D eigenvalue weighted by molar-refractivity contribution is 7.85. The largest absolute Gasteiger partial charge is 0.326 e. The summed E-state index contributed by atoms with van der Waals surface area (Å²) in [6, 6.07) is 7.71. The molecule has 0 bridgehead atoms. The van der Waals surface area contributed by atoms with Gasteiger partial charge in [0.25, 0.3) is 15.9 Å². The lowest BCUT2D eigenvalue weighted by molar-refractivity contribution is -0.680. The zero-order valence-electron chi connectivity index (χ0n) is 24.3. The lowest BCUT2D eigenvalue weighted by Gasteiger charge is -2.25. The Labute approximate surface area is 269 Å². The van der Waals surface area contributed by atoms with Crippen LogP contribution in [0.1, 0.15) is 65.1 Å². The third-order valence-electron chi connectivity index (χ3n) is 7.72. The summed E-state index contributed by atoms with van der Waals surface area (Å²) in [6.45, 7) is 9.46. The van der Waals surface area contributed by atoms with E-state index < -0.39 is 10.1 Å². The van der Waals surface area contributed by atoms with Gasteiger partial charge in [0, 0.05) is 25.2 Å². The van der Waals surface area contributed by atoms with Gasteiger partial charge in [0.15, 0.2) is 11.0 Å². The smallest absolute Gasteiger partial charge is 0.264 e. The fourth-order valence-corrected chi connectivity index (χ4v) is 7.00. The minimum atomic E-state index is -4.01. The summed E-state index contributed by atoms with van der Waals surface area (Å²) >= 11 is 25.8. The SMILES string of the molecule is CCCCC[n+]1c(CCC=C2N(CC)c3cc(Cl)c(Cl)cc3N2CCCCS(=O)(=O)O)n(CC)c2cc(Cl)c(Cl)cc21. The molecule has 0 radical (unpaired) electrons. The van der Waals surface area contributed by atoms with Gasteiger partial charge in [0.1, 0.15) is 5.82 Å². The quantitative estimate of drug-likeness (QED) is 0.105. The molecule has 0 saturated heterocycles. The van der Waals surface area contributed by atoms with Crippen LogP contribution in [0.25, 0.3) is 11.0 Å². The van der Waals surface area contributed by atoms with Gasteiger partial charge in [-0.3, -0.25) is 4.55 Å². The number of rotatable bonds is 14. The number of aryl methyl sites for hydroxylation is 2. The fraction of sp³-hybridized carbons (Fsp3) is 0.500. The van der Waals surface area contributed by atoms with E-state index in [0.29, 0.717) is 39.5 Å². The van der Waals surface area contributed by atoms with Crippen molar-refractivity contribution in [2.45, 2.75) is 78.8 Å². The van der Waals surface area contributed by atoms with E-state index in [1.807, 2.05) is 24.3 Å². The first-order valence-corrected chi connectivity index (χ1v) is 17.7. The Morgan fingerprint density at radius 3 is 2.10 bits per heavy atom. The summed E-state index contributed by atoms with van der Waals surface area (Å²) < 4.78 is 36.5. The Morgan fingerprint density at radius 2 is 1.48 bits per heavy atom. The average Bonchev–Trinajstić information content (AvgIpc) is 3.37. The summed E-state index contributed by atoms with van der Waals surface area (Å²) in [5.41, 5.74) is 4.08. The van der Waals surface area contributed by atoms with Crippen molar-refractivity contribution in [3.05, 3.63) is 62.1 Å². The van der Waals surface area contributed by atoms with Crippen LogP contribution >= 0.6 is 46.4 Å². The lowest BCUT2D eigenvalue weighted by Crippen LogP contribution is -2.38. The van der Waals surface area contributed by atoms with E-state index in [1.54, 1.807) is 0 Å². The van der Waals surface area contributed by atoms with E-state index in [4.69, 9.17) is 46.4 Å². The van der Waals surface area contributed by atoms with Gasteiger partial charge < -0.3 is 9.80 Å². The number of benzene rings is 2. The maximum Gasteiger partial charge on any atom is 0.264 e. The fourth-order valence-electron chi connectivity index (χ4n) is 5.80. The van der Waals surface area contributed by atoms with E-state index in [0.717, 1.165) is 80.0 Å². The first-order chi connectivity index (χ1) is 20.0. The zero-order chi connectivity index (χ0) is 30.6. The maximum atomic E-state index is 11.3. The van der Waals surface area contributed by atoms with Crippen LogP contribution < -0.4 is 14.4 Å². The zero-order valence-corrected chi connectivity index (χ0v) is 28.2. The molecule has 1 N–H and O–H groups in total. The van der Waals surface area contributed by atoms with Gasteiger partial charge in [0.05, 0.1) is 56.7 Å². The van der Waals surface area contributed by atoms with Crippen molar-refractivity contribution in [1.82, 2.24) is 4.57 Å². The van der Waals surface area contributed by atoms with Gasteiger partial charge in [0.2, 0.25) is 0 Å². The Hall–Kier alpha value is -1.68. The number of hydrogen-bond donors (Lipinski definition) is 1. The summed E-state index contributed by atoms with van der Waals surface area (Å²) in [7, 11) is -4.01. The lowest BCUT2D eigenvalue weighted by atomic mass is 10.2. The molecule has 1 aliphatic heterocycles. The Balaban J connectivity index is 1.68. The molecule has 1 aliphatic rings. The second kappa shape index (κ2) is 14.4. The molecule has 3 aromatic rings. The molecular weight excluding hydrogens is 638 g/mol. The Morgan fingerprint density at radius 1 is 0.833 bits per heavy atom. The topological polar surface area (TPSA) is 69.7 Å². The molecule has 0 atom stereocenters. The molecule has 0 fully saturated rings. The second-order valence-corrected chi connectivity index (χ2v) is 13.7. The van der Waals surface area contributed by atoms with Crippen molar-refractivity contribution in [3.8, 4) is 0 Å². The van der Waals surface area contributed by atoms with Crippen LogP contribution in [0.2, 0.25) is 20.1 Å². The number of nitrogens with zero attached hydrogens (tertiary/aromatic N) is 4. The van der Waals surface area contributed by atoms with Crippen molar-refractivity contribution in [2.24, 2.45) is 0 Å². The normalized spacial score (nSPS) is 14.5. The summed E-state index contributed by atoms with van der Waals surface area (Å²) in [4.78, 5) is 4.39. The van der Waals surface area contributed by atoms with Gasteiger partial charge in [-0.2, -0.15) is 8.42 Å². The van der Waals surface area contributed by atoms with Crippen molar-refractivity contribution >= 4 is 78.9 Å². The average molecular weight is 678 g/mol. The van der Waals surface area contributed by atoms with Crippen LogP contribution in [-0.4, -0.2) is 36.4 Å². The van der Waals surface area contributed by atoms with Crippen molar-refractivity contribution in [3.63, 3.8) is 0 Å². The predicted octanol–water partition coefficient (Wildman–Crippen LogP) is 8.54. The number of imidazole rings is 1. The van der Waals surface area contributed by atoms with Crippen molar-refractivity contribution < 1.29 is 17.5 Å². The van der Waals surface area contributed by atoms with E-state index in [2.05, 4.69) is 45.8 Å². The van der Waals surface area contributed by atoms with Gasteiger partial charge in [-0.1, -0.05) is 59.7 Å². The van der Waals surface area contributed by atoms with Crippen LogP contribution in [0.5, 0.6) is 0 Å². The van der Waals surface area contributed by atoms with Gasteiger partial charge in [-0.15, -0.1) is 0 Å². The molecule has 0 aliphatic carbocycles. The number of halogens is 4. The van der Waals surface area contributed by atoms with Crippen LogP contribution in [0.4, 0.5) is 11.4 Å². The molecule has 0 spiro atoms. The van der Waals surface area contributed by atoms with Gasteiger partial charge >= 0.3 is 0 Å². The minimum absolute atomic E-state index is 0.265. The molecule has 0 saturated carbocycles. The van der Waals surface area contributed by atoms with Crippen LogP contribution in [0, 0.1) is 0 Å². The number of unbranched alkanes of at least 4 members (excludes halogenated alkanes) is 3. The van der Waals surface area contributed by atoms with E-state index >= 15 is 0 Å². The molecule has 2 heterocycles. The first kappa shape index (κ1) is 33.2. The first-order valence-electron chi connectivity index (χ1n) is 14.6. The molecule has 230 valence electrons. The molecule has 12 heteroatoms. The summed E-state index contributed by atoms with van der Waals surface area (Å²) in [5, 5.41) is 2.06. The standard InChI is InChI=1S/C30H38Cl4N4O3S/c1-4-7-8-14-37-27-19-23(33)21(31)17-25(27)35(5-2)29(37)12-11-13-30-36(6-3)26-18-22(32)24(34)20-28(26)38(30)15-9-10-16-42(39,40)41/h13,17-20H,4-12,14-16H2,1-3H3/p+1. The highest BCUT2D eigenvalue weighted by atomic mass is 35.5. The molecule has 0 amide bonds. The van der Waals surface area contributed by atoms with Gasteiger partial charge in [-0.25, -0.2) is 9.13 Å². The van der Waals surface area contributed by atoms with Crippen LogP contribution in [-0.2, 0) is 29.6 Å². The van der Waals surface area contributed by atoms with Gasteiger partial charge in [-0.05, 0) is 64.2 Å². The monoisotopic (exact) mass is 675 g/mol. The maximum absolute atomic E-state index is 11.3. The number of allylic oxidation sites excluding steroid dienone is 1. The number of hydrogen-bond acceptors (Lipinski definition) is 4.